The Morgan fingerprint density at radius 2 is 1.88 bits per heavy atom. The third-order valence-electron chi connectivity index (χ3n) is 3.84. The summed E-state index contributed by atoms with van der Waals surface area (Å²) in [7, 11) is 1.63. The molecule has 0 atom stereocenters. The Bertz CT molecular complexity index is 924. The molecule has 0 bridgehead atoms. The van der Waals surface area contributed by atoms with E-state index in [1.807, 2.05) is 48.5 Å². The molecule has 3 rings (SSSR count). The van der Waals surface area contributed by atoms with Crippen molar-refractivity contribution in [2.45, 2.75) is 6.42 Å². The van der Waals surface area contributed by atoms with Gasteiger partial charge in [-0.1, -0.05) is 48.5 Å². The second-order valence-electron chi connectivity index (χ2n) is 5.58. The van der Waals surface area contributed by atoms with E-state index in [2.05, 4.69) is 28.5 Å². The van der Waals surface area contributed by atoms with E-state index in [4.69, 9.17) is 9.15 Å². The molecule has 1 aromatic heterocycles. The minimum Gasteiger partial charge on any atom is -0.496 e. The smallest absolute Gasteiger partial charge is 0.232 e. The van der Waals surface area contributed by atoms with Crippen LogP contribution in [0.4, 0.5) is 5.88 Å². The van der Waals surface area contributed by atoms with Crippen molar-refractivity contribution >= 4 is 18.0 Å². The van der Waals surface area contributed by atoms with Crippen LogP contribution in [0.2, 0.25) is 0 Å². The molecule has 0 saturated carbocycles. The lowest BCUT2D eigenvalue weighted by Crippen LogP contribution is -2.05. The fourth-order valence-corrected chi connectivity index (χ4v) is 2.53. The van der Waals surface area contributed by atoms with Crippen LogP contribution >= 0.6 is 0 Å². The predicted octanol–water partition coefficient (Wildman–Crippen LogP) is 4.38. The Morgan fingerprint density at radius 1 is 1.12 bits per heavy atom. The van der Waals surface area contributed by atoms with Crippen molar-refractivity contribution in [1.82, 2.24) is 4.98 Å². The average Bonchev–Trinajstić information content (AvgIpc) is 3.09. The first-order chi connectivity index (χ1) is 12.8. The molecule has 3 aromatic rings. The average molecular weight is 345 g/mol. The van der Waals surface area contributed by atoms with Crippen LogP contribution < -0.4 is 10.1 Å². The molecule has 1 N–H and O–H groups in total. The SMILES string of the molecule is COc1ccccc1/C=C/c1nc(C#N)c(NCCc2ccccc2)o1. The fraction of sp³-hybridized carbons (Fsp3) is 0.143. The van der Waals surface area contributed by atoms with Gasteiger partial charge in [0.05, 0.1) is 7.11 Å². The van der Waals surface area contributed by atoms with Crippen LogP contribution in [0.25, 0.3) is 12.2 Å². The summed E-state index contributed by atoms with van der Waals surface area (Å²) in [5.41, 5.74) is 2.37. The first-order valence-electron chi connectivity index (χ1n) is 8.30. The molecule has 0 saturated heterocycles. The number of hydrogen-bond donors (Lipinski definition) is 1. The van der Waals surface area contributed by atoms with Crippen LogP contribution in [0.5, 0.6) is 5.75 Å². The highest BCUT2D eigenvalue weighted by molar-refractivity contribution is 5.70. The van der Waals surface area contributed by atoms with Crippen molar-refractivity contribution < 1.29 is 9.15 Å². The molecule has 26 heavy (non-hydrogen) atoms. The van der Waals surface area contributed by atoms with Crippen LogP contribution in [0, 0.1) is 11.3 Å². The highest BCUT2D eigenvalue weighted by Gasteiger charge is 2.11. The number of nitrogens with zero attached hydrogens (tertiary/aromatic N) is 2. The maximum Gasteiger partial charge on any atom is 0.232 e. The van der Waals surface area contributed by atoms with Crippen molar-refractivity contribution in [2.24, 2.45) is 0 Å². The number of para-hydroxylation sites is 1. The third kappa shape index (κ3) is 4.31. The monoisotopic (exact) mass is 345 g/mol. The minimum absolute atomic E-state index is 0.248. The highest BCUT2D eigenvalue weighted by Crippen LogP contribution is 2.22. The highest BCUT2D eigenvalue weighted by atomic mass is 16.5. The summed E-state index contributed by atoms with van der Waals surface area (Å²) in [4.78, 5) is 4.21. The summed E-state index contributed by atoms with van der Waals surface area (Å²) in [6.45, 7) is 0.656. The molecule has 1 heterocycles. The van der Waals surface area contributed by atoms with Gasteiger partial charge >= 0.3 is 0 Å². The van der Waals surface area contributed by atoms with Crippen molar-refractivity contribution in [3.05, 3.63) is 77.3 Å². The van der Waals surface area contributed by atoms with E-state index < -0.39 is 0 Å². The molecule has 130 valence electrons. The zero-order valence-corrected chi connectivity index (χ0v) is 14.5. The molecule has 0 radical (unpaired) electrons. The number of aromatic nitrogens is 1. The van der Waals surface area contributed by atoms with Crippen molar-refractivity contribution in [2.75, 3.05) is 19.0 Å². The van der Waals surface area contributed by atoms with Gasteiger partial charge in [0.1, 0.15) is 11.8 Å². The van der Waals surface area contributed by atoms with E-state index in [9.17, 15) is 5.26 Å². The van der Waals surface area contributed by atoms with E-state index in [-0.39, 0.29) is 5.69 Å². The molecule has 0 spiro atoms. The number of nitriles is 1. The summed E-state index contributed by atoms with van der Waals surface area (Å²) >= 11 is 0. The van der Waals surface area contributed by atoms with Crippen LogP contribution in [0.1, 0.15) is 22.7 Å². The van der Waals surface area contributed by atoms with Crippen molar-refractivity contribution in [3.63, 3.8) is 0 Å². The molecule has 0 aliphatic heterocycles. The largest absolute Gasteiger partial charge is 0.496 e. The molecule has 5 heteroatoms. The summed E-state index contributed by atoms with van der Waals surface area (Å²) in [6, 6.07) is 19.8. The number of methoxy groups -OCH3 is 1. The quantitative estimate of drug-likeness (QED) is 0.688. The number of nitrogens with one attached hydrogen (secondary N) is 1. The Hall–Kier alpha value is -3.52. The van der Waals surface area contributed by atoms with E-state index in [1.165, 1.54) is 5.56 Å². The van der Waals surface area contributed by atoms with Gasteiger partial charge in [0.2, 0.25) is 17.5 Å². The van der Waals surface area contributed by atoms with Gasteiger partial charge in [-0.05, 0) is 24.1 Å². The summed E-state index contributed by atoms with van der Waals surface area (Å²) in [6.07, 6.45) is 4.40. The lowest BCUT2D eigenvalue weighted by atomic mass is 10.1. The Morgan fingerprint density at radius 3 is 2.65 bits per heavy atom. The zero-order chi connectivity index (χ0) is 18.2. The van der Waals surface area contributed by atoms with Gasteiger partial charge in [0.15, 0.2) is 0 Å². The molecule has 0 unspecified atom stereocenters. The van der Waals surface area contributed by atoms with Crippen LogP contribution in [0.15, 0.2) is 59.0 Å². The molecule has 2 aromatic carbocycles. The number of oxazole rings is 1. The maximum absolute atomic E-state index is 9.26. The van der Waals surface area contributed by atoms with E-state index in [1.54, 1.807) is 13.2 Å². The zero-order valence-electron chi connectivity index (χ0n) is 14.5. The summed E-state index contributed by atoms with van der Waals surface area (Å²) < 4.78 is 11.0. The molecule has 0 aliphatic carbocycles. The summed E-state index contributed by atoms with van der Waals surface area (Å²) in [5, 5.41) is 12.4. The van der Waals surface area contributed by atoms with E-state index in [0.29, 0.717) is 18.3 Å². The van der Waals surface area contributed by atoms with E-state index >= 15 is 0 Å². The molecule has 0 fully saturated rings. The normalized spacial score (nSPS) is 10.6. The Kier molecular flexibility index (Phi) is 5.69. The lowest BCUT2D eigenvalue weighted by molar-refractivity contribution is 0.414. The first kappa shape index (κ1) is 17.3. The molecular weight excluding hydrogens is 326 g/mol. The number of anilines is 1. The third-order valence-corrected chi connectivity index (χ3v) is 3.84. The fourth-order valence-electron chi connectivity index (χ4n) is 2.53. The van der Waals surface area contributed by atoms with Crippen LogP contribution in [0.3, 0.4) is 0 Å². The van der Waals surface area contributed by atoms with Crippen LogP contribution in [-0.2, 0) is 6.42 Å². The second-order valence-corrected chi connectivity index (χ2v) is 5.58. The number of benzene rings is 2. The number of ether oxygens (including phenoxy) is 1. The Balaban J connectivity index is 1.68. The van der Waals surface area contributed by atoms with Gasteiger partial charge < -0.3 is 14.5 Å². The Labute approximate surface area is 152 Å². The van der Waals surface area contributed by atoms with Gasteiger partial charge in [0, 0.05) is 18.2 Å². The number of hydrogen-bond acceptors (Lipinski definition) is 5. The number of rotatable bonds is 7. The van der Waals surface area contributed by atoms with Crippen molar-refractivity contribution in [3.8, 4) is 11.8 Å². The predicted molar refractivity (Wildman–Crippen MR) is 102 cm³/mol. The van der Waals surface area contributed by atoms with Gasteiger partial charge in [-0.2, -0.15) is 10.2 Å². The van der Waals surface area contributed by atoms with Gasteiger partial charge in [0.25, 0.3) is 0 Å². The minimum atomic E-state index is 0.248. The van der Waals surface area contributed by atoms with Gasteiger partial charge in [-0.15, -0.1) is 0 Å². The maximum atomic E-state index is 9.26. The molecule has 0 aliphatic rings. The molecular formula is C21H19N3O2. The van der Waals surface area contributed by atoms with Gasteiger partial charge in [-0.3, -0.25) is 0 Å². The van der Waals surface area contributed by atoms with Crippen molar-refractivity contribution in [1.29, 1.82) is 5.26 Å². The van der Waals surface area contributed by atoms with Crippen LogP contribution in [-0.4, -0.2) is 18.6 Å². The summed E-state index contributed by atoms with van der Waals surface area (Å²) in [5.74, 6) is 1.52. The first-order valence-corrected chi connectivity index (χ1v) is 8.30. The standard InChI is InChI=1S/C21H19N3O2/c1-25-19-10-6-5-9-17(19)11-12-20-24-18(15-22)21(26-20)23-14-13-16-7-3-2-4-8-16/h2-12,23H,13-14H2,1H3/b12-11+. The molecule has 0 amide bonds. The second kappa shape index (κ2) is 8.54. The van der Waals surface area contributed by atoms with Gasteiger partial charge in [-0.25, -0.2) is 0 Å². The topological polar surface area (TPSA) is 71.1 Å². The molecule has 5 nitrogen and oxygen atoms in total. The lowest BCUT2D eigenvalue weighted by Gasteiger charge is -2.03. The van der Waals surface area contributed by atoms with E-state index in [0.717, 1.165) is 17.7 Å².